The maximum atomic E-state index is 5.79. The topological polar surface area (TPSA) is 86.2 Å². The third-order valence-corrected chi connectivity index (χ3v) is 3.11. The monoisotopic (exact) mass is 254 g/mol. The van der Waals surface area contributed by atoms with E-state index in [1.807, 2.05) is 0 Å². The van der Waals surface area contributed by atoms with Crippen LogP contribution < -0.4 is 11.1 Å². The number of nitrogens with zero attached hydrogens (tertiary/aromatic N) is 2. The summed E-state index contributed by atoms with van der Waals surface area (Å²) < 4.78 is 11.1. The zero-order valence-electron chi connectivity index (χ0n) is 10.7. The number of aromatic nitrogens is 2. The molecule has 0 amide bonds. The Hall–Kier alpha value is -1.14. The van der Waals surface area contributed by atoms with Gasteiger partial charge in [0.1, 0.15) is 0 Å². The maximum absolute atomic E-state index is 5.79. The van der Waals surface area contributed by atoms with Crippen molar-refractivity contribution in [1.29, 1.82) is 0 Å². The van der Waals surface area contributed by atoms with E-state index in [2.05, 4.69) is 15.5 Å². The molecule has 0 spiro atoms. The maximum Gasteiger partial charge on any atom is 0.315 e. The lowest BCUT2D eigenvalue weighted by molar-refractivity contribution is 0.0346. The quantitative estimate of drug-likeness (QED) is 0.714. The van der Waals surface area contributed by atoms with Gasteiger partial charge in [0.2, 0.25) is 5.89 Å². The lowest BCUT2D eigenvalue weighted by atomic mass is 9.98. The van der Waals surface area contributed by atoms with Gasteiger partial charge in [-0.1, -0.05) is 24.4 Å². The van der Waals surface area contributed by atoms with Gasteiger partial charge in [-0.3, -0.25) is 0 Å². The highest BCUT2D eigenvalue weighted by Crippen LogP contribution is 2.19. The highest BCUT2D eigenvalue weighted by molar-refractivity contribution is 5.16. The van der Waals surface area contributed by atoms with Crippen LogP contribution in [0.1, 0.15) is 38.0 Å². The Balaban J connectivity index is 1.59. The predicted molar refractivity (Wildman–Crippen MR) is 68.4 cm³/mol. The van der Waals surface area contributed by atoms with Crippen molar-refractivity contribution >= 4 is 6.01 Å². The SMILES string of the molecule is NCCc1nnc(NCCOC2CCCCC2)o1. The second-order valence-electron chi connectivity index (χ2n) is 4.60. The molecule has 1 aromatic rings. The fourth-order valence-electron chi connectivity index (χ4n) is 2.16. The normalized spacial score (nSPS) is 16.9. The van der Waals surface area contributed by atoms with Gasteiger partial charge in [0.15, 0.2) is 0 Å². The van der Waals surface area contributed by atoms with Crippen molar-refractivity contribution in [2.45, 2.75) is 44.6 Å². The fourth-order valence-corrected chi connectivity index (χ4v) is 2.16. The van der Waals surface area contributed by atoms with Crippen LogP contribution >= 0.6 is 0 Å². The van der Waals surface area contributed by atoms with Crippen LogP contribution in [0.5, 0.6) is 0 Å². The fraction of sp³-hybridized carbons (Fsp3) is 0.833. The van der Waals surface area contributed by atoms with Crippen molar-refractivity contribution in [1.82, 2.24) is 10.2 Å². The molecule has 0 radical (unpaired) electrons. The van der Waals surface area contributed by atoms with E-state index >= 15 is 0 Å². The average molecular weight is 254 g/mol. The number of hydrogen-bond donors (Lipinski definition) is 2. The highest BCUT2D eigenvalue weighted by Gasteiger charge is 2.13. The standard InChI is InChI=1S/C12H22N4O2/c13-7-6-11-15-16-12(18-11)14-8-9-17-10-4-2-1-3-5-10/h10H,1-9,13H2,(H,14,16). The number of nitrogens with one attached hydrogen (secondary N) is 1. The summed E-state index contributed by atoms with van der Waals surface area (Å²) in [6.45, 7) is 1.90. The third-order valence-electron chi connectivity index (χ3n) is 3.11. The molecule has 1 heterocycles. The predicted octanol–water partition coefficient (Wildman–Crippen LogP) is 1.33. The van der Waals surface area contributed by atoms with Crippen molar-refractivity contribution in [2.24, 2.45) is 5.73 Å². The molecule has 1 aliphatic rings. The van der Waals surface area contributed by atoms with E-state index in [1.165, 1.54) is 32.1 Å². The minimum Gasteiger partial charge on any atom is -0.408 e. The number of ether oxygens (including phenoxy) is 1. The highest BCUT2D eigenvalue weighted by atomic mass is 16.5. The number of rotatable bonds is 7. The second kappa shape index (κ2) is 7.33. The molecular formula is C12H22N4O2. The van der Waals surface area contributed by atoms with Gasteiger partial charge in [0.05, 0.1) is 12.7 Å². The van der Waals surface area contributed by atoms with Crippen LogP contribution in [0.15, 0.2) is 4.42 Å². The summed E-state index contributed by atoms with van der Waals surface area (Å²) in [5, 5.41) is 10.8. The largest absolute Gasteiger partial charge is 0.408 e. The summed E-state index contributed by atoms with van der Waals surface area (Å²) in [4.78, 5) is 0. The Bertz CT molecular complexity index is 337. The second-order valence-corrected chi connectivity index (χ2v) is 4.60. The minimum atomic E-state index is 0.441. The first-order valence-electron chi connectivity index (χ1n) is 6.76. The lowest BCUT2D eigenvalue weighted by Gasteiger charge is -2.21. The Morgan fingerprint density at radius 3 is 2.89 bits per heavy atom. The molecule has 1 saturated carbocycles. The Labute approximate surface area is 107 Å². The van der Waals surface area contributed by atoms with Crippen LogP contribution in [0.25, 0.3) is 0 Å². The van der Waals surface area contributed by atoms with Gasteiger partial charge >= 0.3 is 6.01 Å². The van der Waals surface area contributed by atoms with Crippen LogP contribution in [-0.4, -0.2) is 36.0 Å². The molecule has 0 aliphatic heterocycles. The smallest absolute Gasteiger partial charge is 0.315 e. The van der Waals surface area contributed by atoms with E-state index in [9.17, 15) is 0 Å². The zero-order chi connectivity index (χ0) is 12.6. The molecule has 6 heteroatoms. The number of nitrogens with two attached hydrogens (primary N) is 1. The summed E-state index contributed by atoms with van der Waals surface area (Å²) in [5.41, 5.74) is 5.41. The average Bonchev–Trinajstić information content (AvgIpc) is 2.84. The van der Waals surface area contributed by atoms with Crippen LogP contribution in [0.2, 0.25) is 0 Å². The molecule has 0 saturated heterocycles. The number of anilines is 1. The van der Waals surface area contributed by atoms with Crippen LogP contribution in [-0.2, 0) is 11.2 Å². The van der Waals surface area contributed by atoms with Crippen LogP contribution in [0.3, 0.4) is 0 Å². The summed E-state index contributed by atoms with van der Waals surface area (Å²) in [6.07, 6.45) is 7.39. The van der Waals surface area contributed by atoms with Gasteiger partial charge in [-0.05, 0) is 12.8 Å². The summed E-state index contributed by atoms with van der Waals surface area (Å²) in [5.74, 6) is 0.577. The molecule has 3 N–H and O–H groups in total. The number of hydrogen-bond acceptors (Lipinski definition) is 6. The molecule has 1 fully saturated rings. The molecule has 0 aromatic carbocycles. The van der Waals surface area contributed by atoms with Gasteiger partial charge < -0.3 is 20.2 Å². The Morgan fingerprint density at radius 1 is 1.28 bits per heavy atom. The first kappa shape index (κ1) is 13.3. The van der Waals surface area contributed by atoms with Crippen molar-refractivity contribution < 1.29 is 9.15 Å². The first-order valence-corrected chi connectivity index (χ1v) is 6.76. The zero-order valence-corrected chi connectivity index (χ0v) is 10.7. The van der Waals surface area contributed by atoms with Gasteiger partial charge in [-0.15, -0.1) is 5.10 Å². The molecule has 102 valence electrons. The van der Waals surface area contributed by atoms with Crippen molar-refractivity contribution in [3.8, 4) is 0 Å². The van der Waals surface area contributed by atoms with Crippen LogP contribution in [0, 0.1) is 0 Å². The van der Waals surface area contributed by atoms with Crippen molar-refractivity contribution in [3.63, 3.8) is 0 Å². The van der Waals surface area contributed by atoms with Gasteiger partial charge in [0, 0.05) is 19.5 Å². The van der Waals surface area contributed by atoms with E-state index in [4.69, 9.17) is 14.9 Å². The summed E-state index contributed by atoms with van der Waals surface area (Å²) in [7, 11) is 0. The molecule has 2 rings (SSSR count). The minimum absolute atomic E-state index is 0.441. The van der Waals surface area contributed by atoms with E-state index < -0.39 is 0 Å². The van der Waals surface area contributed by atoms with Gasteiger partial charge in [-0.2, -0.15) is 0 Å². The van der Waals surface area contributed by atoms with E-state index in [0.717, 1.165) is 0 Å². The molecule has 1 aliphatic carbocycles. The summed E-state index contributed by atoms with van der Waals surface area (Å²) in [6, 6.07) is 0.450. The van der Waals surface area contributed by atoms with Gasteiger partial charge in [-0.25, -0.2) is 0 Å². The Morgan fingerprint density at radius 2 is 2.11 bits per heavy atom. The molecule has 1 aromatic heterocycles. The van der Waals surface area contributed by atoms with Crippen molar-refractivity contribution in [3.05, 3.63) is 5.89 Å². The first-order chi connectivity index (χ1) is 8.88. The molecular weight excluding hydrogens is 232 g/mol. The Kier molecular flexibility index (Phi) is 5.41. The third kappa shape index (κ3) is 4.27. The molecule has 0 bridgehead atoms. The summed E-state index contributed by atoms with van der Waals surface area (Å²) >= 11 is 0. The van der Waals surface area contributed by atoms with E-state index in [-0.39, 0.29) is 0 Å². The lowest BCUT2D eigenvalue weighted by Crippen LogP contribution is -2.20. The van der Waals surface area contributed by atoms with E-state index in [1.54, 1.807) is 0 Å². The molecule has 6 nitrogen and oxygen atoms in total. The van der Waals surface area contributed by atoms with E-state index in [0.29, 0.717) is 44.1 Å². The van der Waals surface area contributed by atoms with Gasteiger partial charge in [0.25, 0.3) is 0 Å². The molecule has 0 unspecified atom stereocenters. The molecule has 18 heavy (non-hydrogen) atoms. The van der Waals surface area contributed by atoms with Crippen molar-refractivity contribution in [2.75, 3.05) is 25.0 Å². The van der Waals surface area contributed by atoms with Crippen LogP contribution in [0.4, 0.5) is 6.01 Å². The molecule has 0 atom stereocenters.